The first-order valence-electron chi connectivity index (χ1n) is 8.41. The summed E-state index contributed by atoms with van der Waals surface area (Å²) in [7, 11) is 0. The van der Waals surface area contributed by atoms with Crippen LogP contribution in [0.25, 0.3) is 0 Å². The van der Waals surface area contributed by atoms with Gasteiger partial charge in [-0.25, -0.2) is 0 Å². The number of hydrogen-bond acceptors (Lipinski definition) is 2. The lowest BCUT2D eigenvalue weighted by Gasteiger charge is -2.24. The van der Waals surface area contributed by atoms with Gasteiger partial charge in [0.1, 0.15) is 0 Å². The highest BCUT2D eigenvalue weighted by molar-refractivity contribution is 5.77. The van der Waals surface area contributed by atoms with Crippen LogP contribution in [0.2, 0.25) is 0 Å². The van der Waals surface area contributed by atoms with Gasteiger partial charge in [-0.05, 0) is 50.8 Å². The van der Waals surface area contributed by atoms with Crippen LogP contribution in [0.4, 0.5) is 0 Å². The van der Waals surface area contributed by atoms with E-state index in [1.807, 2.05) is 29.3 Å². The normalized spacial score (nSPS) is 17.5. The molecule has 0 N–H and O–H groups in total. The zero-order chi connectivity index (χ0) is 16.2. The van der Waals surface area contributed by atoms with E-state index < -0.39 is 0 Å². The molecule has 2 aromatic rings. The van der Waals surface area contributed by atoms with Crippen LogP contribution in [0.5, 0.6) is 0 Å². The largest absolute Gasteiger partial charge is 0.334 e. The van der Waals surface area contributed by atoms with Crippen molar-refractivity contribution in [3.05, 3.63) is 65.0 Å². The minimum Gasteiger partial charge on any atom is -0.334 e. The Hall–Kier alpha value is -2.16. The Kier molecular flexibility index (Phi) is 4.75. The van der Waals surface area contributed by atoms with Crippen molar-refractivity contribution < 1.29 is 4.79 Å². The van der Waals surface area contributed by atoms with Crippen molar-refractivity contribution >= 4 is 5.91 Å². The Bertz CT molecular complexity index is 661. The molecule has 1 saturated heterocycles. The van der Waals surface area contributed by atoms with Crippen LogP contribution in [0, 0.1) is 13.8 Å². The smallest absolute Gasteiger partial charge is 0.223 e. The second-order valence-electron chi connectivity index (χ2n) is 6.50. The average Bonchev–Trinajstić information content (AvgIpc) is 3.02. The first-order chi connectivity index (χ1) is 11.1. The molecule has 3 rings (SSSR count). The predicted octanol–water partition coefficient (Wildman–Crippen LogP) is 3.99. The van der Waals surface area contributed by atoms with Crippen molar-refractivity contribution in [3.63, 3.8) is 0 Å². The van der Waals surface area contributed by atoms with E-state index in [0.717, 1.165) is 31.5 Å². The van der Waals surface area contributed by atoms with Gasteiger partial charge in [0.25, 0.3) is 0 Å². The molecular weight excluding hydrogens is 284 g/mol. The summed E-state index contributed by atoms with van der Waals surface area (Å²) in [5.41, 5.74) is 4.80. The van der Waals surface area contributed by atoms with Crippen LogP contribution in [0.1, 0.15) is 47.7 Å². The van der Waals surface area contributed by atoms with E-state index in [1.54, 1.807) is 0 Å². The van der Waals surface area contributed by atoms with Crippen LogP contribution < -0.4 is 0 Å². The van der Waals surface area contributed by atoms with Gasteiger partial charge in [-0.1, -0.05) is 35.4 Å². The summed E-state index contributed by atoms with van der Waals surface area (Å²) in [6, 6.07) is 12.6. The predicted molar refractivity (Wildman–Crippen MR) is 92.2 cm³/mol. The molecule has 0 radical (unpaired) electrons. The van der Waals surface area contributed by atoms with Gasteiger partial charge >= 0.3 is 0 Å². The summed E-state index contributed by atoms with van der Waals surface area (Å²) >= 11 is 0. The van der Waals surface area contributed by atoms with Crippen LogP contribution in [-0.2, 0) is 11.2 Å². The third kappa shape index (κ3) is 3.79. The summed E-state index contributed by atoms with van der Waals surface area (Å²) < 4.78 is 0. The first-order valence-corrected chi connectivity index (χ1v) is 8.41. The molecule has 1 aromatic heterocycles. The van der Waals surface area contributed by atoms with E-state index in [0.29, 0.717) is 6.42 Å². The Morgan fingerprint density at radius 2 is 2.00 bits per heavy atom. The molecule has 3 nitrogen and oxygen atoms in total. The van der Waals surface area contributed by atoms with Crippen LogP contribution in [0.15, 0.2) is 42.6 Å². The molecular formula is C20H24N2O. The number of rotatable bonds is 4. The van der Waals surface area contributed by atoms with Crippen LogP contribution in [0.3, 0.4) is 0 Å². The van der Waals surface area contributed by atoms with Crippen molar-refractivity contribution in [1.29, 1.82) is 0 Å². The van der Waals surface area contributed by atoms with Gasteiger partial charge in [0, 0.05) is 19.2 Å². The molecule has 120 valence electrons. The number of carbonyl (C=O) groups is 1. The molecule has 1 fully saturated rings. The number of aryl methyl sites for hydroxylation is 3. The monoisotopic (exact) mass is 308 g/mol. The van der Waals surface area contributed by atoms with E-state index in [9.17, 15) is 4.79 Å². The standard InChI is InChI=1S/C20H24N2O/c1-15-12-16(2)14-17(13-15)8-9-20(23)22-11-5-7-19(22)18-6-3-4-10-21-18/h3-4,6,10,12-14,19H,5,7-9,11H2,1-2H3. The highest BCUT2D eigenvalue weighted by atomic mass is 16.2. The molecule has 0 saturated carbocycles. The van der Waals surface area contributed by atoms with E-state index in [4.69, 9.17) is 0 Å². The highest BCUT2D eigenvalue weighted by Crippen LogP contribution is 2.31. The lowest BCUT2D eigenvalue weighted by molar-refractivity contribution is -0.132. The molecule has 2 heterocycles. The average molecular weight is 308 g/mol. The third-order valence-corrected chi connectivity index (χ3v) is 4.51. The molecule has 0 spiro atoms. The molecule has 0 aliphatic carbocycles. The first kappa shape index (κ1) is 15.7. The molecule has 1 aliphatic heterocycles. The molecule has 0 bridgehead atoms. The zero-order valence-corrected chi connectivity index (χ0v) is 14.0. The Balaban J connectivity index is 1.65. The van der Waals surface area contributed by atoms with Crippen molar-refractivity contribution in [1.82, 2.24) is 9.88 Å². The Morgan fingerprint density at radius 1 is 1.22 bits per heavy atom. The molecule has 1 aromatic carbocycles. The number of nitrogens with zero attached hydrogens (tertiary/aromatic N) is 2. The van der Waals surface area contributed by atoms with Crippen LogP contribution >= 0.6 is 0 Å². The van der Waals surface area contributed by atoms with E-state index in [2.05, 4.69) is 37.0 Å². The number of carbonyl (C=O) groups excluding carboxylic acids is 1. The number of benzene rings is 1. The summed E-state index contributed by atoms with van der Waals surface area (Å²) in [4.78, 5) is 19.1. The lowest BCUT2D eigenvalue weighted by Crippen LogP contribution is -2.31. The number of pyridine rings is 1. The van der Waals surface area contributed by atoms with Crippen LogP contribution in [-0.4, -0.2) is 22.3 Å². The maximum Gasteiger partial charge on any atom is 0.223 e. The summed E-state index contributed by atoms with van der Waals surface area (Å²) in [6.45, 7) is 5.07. The summed E-state index contributed by atoms with van der Waals surface area (Å²) in [5.74, 6) is 0.248. The van der Waals surface area contributed by atoms with Gasteiger partial charge in [-0.15, -0.1) is 0 Å². The minimum absolute atomic E-state index is 0.156. The lowest BCUT2D eigenvalue weighted by atomic mass is 10.0. The number of aromatic nitrogens is 1. The number of amides is 1. The topological polar surface area (TPSA) is 33.2 Å². The fourth-order valence-corrected chi connectivity index (χ4v) is 3.55. The summed E-state index contributed by atoms with van der Waals surface area (Å²) in [6.07, 6.45) is 5.29. The third-order valence-electron chi connectivity index (χ3n) is 4.51. The van der Waals surface area contributed by atoms with E-state index in [-0.39, 0.29) is 11.9 Å². The van der Waals surface area contributed by atoms with Gasteiger partial charge in [0.05, 0.1) is 11.7 Å². The van der Waals surface area contributed by atoms with Gasteiger partial charge in [0.15, 0.2) is 0 Å². The quantitative estimate of drug-likeness (QED) is 0.855. The maximum absolute atomic E-state index is 12.7. The molecule has 1 unspecified atom stereocenters. The number of hydrogen-bond donors (Lipinski definition) is 0. The molecule has 1 amide bonds. The molecule has 1 atom stereocenters. The Labute approximate surface area is 138 Å². The summed E-state index contributed by atoms with van der Waals surface area (Å²) in [5, 5.41) is 0. The van der Waals surface area contributed by atoms with Crippen molar-refractivity contribution in [2.75, 3.05) is 6.54 Å². The second-order valence-corrected chi connectivity index (χ2v) is 6.50. The van der Waals surface area contributed by atoms with E-state index >= 15 is 0 Å². The molecule has 3 heteroatoms. The SMILES string of the molecule is Cc1cc(C)cc(CCC(=O)N2CCCC2c2ccccn2)c1. The molecule has 23 heavy (non-hydrogen) atoms. The second kappa shape index (κ2) is 6.95. The zero-order valence-electron chi connectivity index (χ0n) is 14.0. The Morgan fingerprint density at radius 3 is 2.70 bits per heavy atom. The fraction of sp³-hybridized carbons (Fsp3) is 0.400. The maximum atomic E-state index is 12.7. The number of likely N-dealkylation sites (tertiary alicyclic amines) is 1. The van der Waals surface area contributed by atoms with E-state index in [1.165, 1.54) is 16.7 Å². The van der Waals surface area contributed by atoms with Crippen molar-refractivity contribution in [2.45, 2.75) is 45.6 Å². The fourth-order valence-electron chi connectivity index (χ4n) is 3.55. The van der Waals surface area contributed by atoms with Crippen molar-refractivity contribution in [2.24, 2.45) is 0 Å². The molecule has 1 aliphatic rings. The van der Waals surface area contributed by atoms with Gasteiger partial charge in [0.2, 0.25) is 5.91 Å². The van der Waals surface area contributed by atoms with Crippen molar-refractivity contribution in [3.8, 4) is 0 Å². The highest BCUT2D eigenvalue weighted by Gasteiger charge is 2.30. The minimum atomic E-state index is 0.156. The van der Waals surface area contributed by atoms with Gasteiger partial charge < -0.3 is 4.90 Å². The van der Waals surface area contributed by atoms with Gasteiger partial charge in [-0.3, -0.25) is 9.78 Å². The van der Waals surface area contributed by atoms with Gasteiger partial charge in [-0.2, -0.15) is 0 Å².